The van der Waals surface area contributed by atoms with Crippen LogP contribution in [0.15, 0.2) is 42.3 Å². The summed E-state index contributed by atoms with van der Waals surface area (Å²) >= 11 is 1.59. The molecule has 2 aromatic rings. The lowest BCUT2D eigenvalue weighted by molar-refractivity contribution is 0.305. The number of aromatic nitrogens is 1. The van der Waals surface area contributed by atoms with Gasteiger partial charge >= 0.3 is 0 Å². The molecule has 1 heterocycles. The van der Waals surface area contributed by atoms with Gasteiger partial charge in [-0.05, 0) is 18.2 Å². The lowest BCUT2D eigenvalue weighted by Crippen LogP contribution is -1.94. The summed E-state index contributed by atoms with van der Waals surface area (Å²) in [6.45, 7) is 4.18. The zero-order valence-electron chi connectivity index (χ0n) is 8.22. The van der Waals surface area contributed by atoms with Gasteiger partial charge in [0.15, 0.2) is 0 Å². The van der Waals surface area contributed by atoms with E-state index in [9.17, 15) is 0 Å². The minimum absolute atomic E-state index is 0.516. The fraction of sp³-hybridized carbons (Fsp3) is 0.0833. The molecule has 0 N–H and O–H groups in total. The maximum Gasteiger partial charge on any atom is 0.140 e. The molecule has 0 aliphatic rings. The fourth-order valence-corrected chi connectivity index (χ4v) is 1.84. The third kappa shape index (κ3) is 2.67. The van der Waals surface area contributed by atoms with Gasteiger partial charge in [0.1, 0.15) is 17.4 Å². The average molecular weight is 217 g/mol. The normalized spacial score (nSPS) is 9.87. The van der Waals surface area contributed by atoms with E-state index in [2.05, 4.69) is 11.6 Å². The molecule has 0 aliphatic heterocycles. The van der Waals surface area contributed by atoms with E-state index in [0.29, 0.717) is 6.61 Å². The van der Waals surface area contributed by atoms with Crippen LogP contribution < -0.4 is 4.74 Å². The van der Waals surface area contributed by atoms with Crippen molar-refractivity contribution in [2.45, 2.75) is 6.61 Å². The molecule has 2 nitrogen and oxygen atoms in total. The summed E-state index contributed by atoms with van der Waals surface area (Å²) in [5.41, 5.74) is 0.909. The van der Waals surface area contributed by atoms with Crippen LogP contribution in [-0.4, -0.2) is 4.98 Å². The summed E-state index contributed by atoms with van der Waals surface area (Å²) in [6.07, 6.45) is 1.74. The third-order valence-corrected chi connectivity index (χ3v) is 2.72. The van der Waals surface area contributed by atoms with Crippen molar-refractivity contribution in [1.29, 1.82) is 0 Å². The van der Waals surface area contributed by atoms with Crippen molar-refractivity contribution in [1.82, 2.24) is 4.98 Å². The van der Waals surface area contributed by atoms with E-state index < -0.39 is 0 Å². The summed E-state index contributed by atoms with van der Waals surface area (Å²) in [6, 6.07) is 9.73. The third-order valence-electron chi connectivity index (χ3n) is 1.88. The molecule has 76 valence electrons. The van der Waals surface area contributed by atoms with Gasteiger partial charge in [0, 0.05) is 5.38 Å². The zero-order valence-corrected chi connectivity index (χ0v) is 9.04. The first-order valence-corrected chi connectivity index (χ1v) is 5.51. The number of hydrogen-bond donors (Lipinski definition) is 0. The highest BCUT2D eigenvalue weighted by Gasteiger charge is 1.99. The van der Waals surface area contributed by atoms with E-state index >= 15 is 0 Å². The highest BCUT2D eigenvalue weighted by atomic mass is 32.1. The Bertz CT molecular complexity index is 436. The number of rotatable bonds is 4. The van der Waals surface area contributed by atoms with Gasteiger partial charge in [-0.15, -0.1) is 11.3 Å². The SMILES string of the molecule is C=Cc1csc(COc2ccccc2)n1. The Morgan fingerprint density at radius 3 is 2.80 bits per heavy atom. The van der Waals surface area contributed by atoms with Crippen molar-refractivity contribution in [3.05, 3.63) is 53.0 Å². The molecule has 3 heteroatoms. The molecular formula is C12H11NOS. The standard InChI is InChI=1S/C12H11NOS/c1-2-10-9-15-12(13-10)8-14-11-6-4-3-5-7-11/h2-7,9H,1,8H2. The van der Waals surface area contributed by atoms with Gasteiger partial charge in [0.25, 0.3) is 0 Å². The van der Waals surface area contributed by atoms with Gasteiger partial charge in [-0.1, -0.05) is 24.8 Å². The number of ether oxygens (including phenoxy) is 1. The van der Waals surface area contributed by atoms with Crippen molar-refractivity contribution in [3.63, 3.8) is 0 Å². The van der Waals surface area contributed by atoms with Crippen molar-refractivity contribution in [3.8, 4) is 5.75 Å². The first kappa shape index (κ1) is 9.93. The van der Waals surface area contributed by atoms with Crippen molar-refractivity contribution in [2.24, 2.45) is 0 Å². The number of para-hydroxylation sites is 1. The molecule has 0 amide bonds. The second kappa shape index (κ2) is 4.75. The van der Waals surface area contributed by atoms with Gasteiger partial charge < -0.3 is 4.74 Å². The van der Waals surface area contributed by atoms with Crippen molar-refractivity contribution >= 4 is 17.4 Å². The molecule has 0 saturated heterocycles. The van der Waals surface area contributed by atoms with E-state index in [1.54, 1.807) is 17.4 Å². The number of hydrogen-bond acceptors (Lipinski definition) is 3. The molecule has 15 heavy (non-hydrogen) atoms. The molecule has 1 aromatic heterocycles. The number of nitrogens with zero attached hydrogens (tertiary/aromatic N) is 1. The van der Waals surface area contributed by atoms with Crippen LogP contribution in [0.3, 0.4) is 0 Å². The van der Waals surface area contributed by atoms with Gasteiger partial charge in [-0.2, -0.15) is 0 Å². The van der Waals surface area contributed by atoms with Crippen LogP contribution in [0.1, 0.15) is 10.7 Å². The highest BCUT2D eigenvalue weighted by Crippen LogP contribution is 2.15. The minimum atomic E-state index is 0.516. The summed E-state index contributed by atoms with van der Waals surface area (Å²) in [7, 11) is 0. The molecule has 0 spiro atoms. The maximum atomic E-state index is 5.56. The Labute approximate surface area is 92.9 Å². The first-order valence-electron chi connectivity index (χ1n) is 4.63. The molecule has 0 unspecified atom stereocenters. The maximum absolute atomic E-state index is 5.56. The van der Waals surface area contributed by atoms with Crippen LogP contribution in [-0.2, 0) is 6.61 Å². The molecular weight excluding hydrogens is 206 g/mol. The monoisotopic (exact) mass is 217 g/mol. The number of benzene rings is 1. The van der Waals surface area contributed by atoms with E-state index in [1.807, 2.05) is 35.7 Å². The molecule has 1 aromatic carbocycles. The smallest absolute Gasteiger partial charge is 0.140 e. The number of thiazole rings is 1. The van der Waals surface area contributed by atoms with Crippen LogP contribution in [0, 0.1) is 0 Å². The fourth-order valence-electron chi connectivity index (χ4n) is 1.15. The van der Waals surface area contributed by atoms with Crippen LogP contribution in [0.5, 0.6) is 5.75 Å². The summed E-state index contributed by atoms with van der Waals surface area (Å²) in [5, 5.41) is 2.94. The largest absolute Gasteiger partial charge is 0.486 e. The summed E-state index contributed by atoms with van der Waals surface area (Å²) in [4.78, 5) is 4.32. The molecule has 0 radical (unpaired) electrons. The minimum Gasteiger partial charge on any atom is -0.486 e. The van der Waals surface area contributed by atoms with Crippen LogP contribution in [0.4, 0.5) is 0 Å². The quantitative estimate of drug-likeness (QED) is 0.783. The van der Waals surface area contributed by atoms with E-state index in [0.717, 1.165) is 16.5 Å². The van der Waals surface area contributed by atoms with E-state index in [4.69, 9.17) is 4.74 Å². The second-order valence-electron chi connectivity index (χ2n) is 2.97. The van der Waals surface area contributed by atoms with Gasteiger partial charge in [-0.25, -0.2) is 4.98 Å². The Hall–Kier alpha value is -1.61. The van der Waals surface area contributed by atoms with E-state index in [-0.39, 0.29) is 0 Å². The van der Waals surface area contributed by atoms with Crippen molar-refractivity contribution < 1.29 is 4.74 Å². The molecule has 0 aliphatic carbocycles. The molecule has 0 atom stereocenters. The topological polar surface area (TPSA) is 22.1 Å². The summed E-state index contributed by atoms with van der Waals surface area (Å²) in [5.74, 6) is 0.868. The Morgan fingerprint density at radius 2 is 2.13 bits per heavy atom. The van der Waals surface area contributed by atoms with Crippen molar-refractivity contribution in [2.75, 3.05) is 0 Å². The Morgan fingerprint density at radius 1 is 1.33 bits per heavy atom. The summed E-state index contributed by atoms with van der Waals surface area (Å²) < 4.78 is 5.56. The molecule has 0 bridgehead atoms. The lowest BCUT2D eigenvalue weighted by atomic mass is 10.3. The Balaban J connectivity index is 1.96. The lowest BCUT2D eigenvalue weighted by Gasteiger charge is -2.02. The average Bonchev–Trinajstić information content (AvgIpc) is 2.76. The van der Waals surface area contributed by atoms with Crippen LogP contribution >= 0.6 is 11.3 Å². The Kier molecular flexibility index (Phi) is 3.15. The second-order valence-corrected chi connectivity index (χ2v) is 3.91. The van der Waals surface area contributed by atoms with Gasteiger partial charge in [0.2, 0.25) is 0 Å². The van der Waals surface area contributed by atoms with E-state index in [1.165, 1.54) is 0 Å². The molecule has 0 fully saturated rings. The van der Waals surface area contributed by atoms with Crippen LogP contribution in [0.2, 0.25) is 0 Å². The van der Waals surface area contributed by atoms with Gasteiger partial charge in [0.05, 0.1) is 5.69 Å². The molecule has 2 rings (SSSR count). The predicted molar refractivity (Wildman–Crippen MR) is 63.0 cm³/mol. The zero-order chi connectivity index (χ0) is 10.5. The highest BCUT2D eigenvalue weighted by molar-refractivity contribution is 7.09. The molecule has 0 saturated carbocycles. The van der Waals surface area contributed by atoms with Gasteiger partial charge in [-0.3, -0.25) is 0 Å². The van der Waals surface area contributed by atoms with Crippen LogP contribution in [0.25, 0.3) is 6.08 Å². The first-order chi connectivity index (χ1) is 7.38. The predicted octanol–water partition coefficient (Wildman–Crippen LogP) is 3.37.